The molecule has 1 atom stereocenters. The highest BCUT2D eigenvalue weighted by Crippen LogP contribution is 2.36. The molecule has 1 saturated heterocycles. The Balaban J connectivity index is 1.84. The van der Waals surface area contributed by atoms with Crippen LogP contribution in [0, 0.1) is 0 Å². The van der Waals surface area contributed by atoms with Gasteiger partial charge in [-0.3, -0.25) is 4.79 Å². The van der Waals surface area contributed by atoms with E-state index in [2.05, 4.69) is 5.32 Å². The smallest absolute Gasteiger partial charge is 0.244 e. The van der Waals surface area contributed by atoms with Crippen molar-refractivity contribution in [2.75, 3.05) is 18.0 Å². The zero-order chi connectivity index (χ0) is 14.1. The summed E-state index contributed by atoms with van der Waals surface area (Å²) in [4.78, 5) is 14.5. The highest BCUT2D eigenvalue weighted by Gasteiger charge is 2.32. The minimum Gasteiger partial charge on any atom is -0.491 e. The van der Waals surface area contributed by atoms with Crippen LogP contribution in [0.15, 0.2) is 18.2 Å². The monoisotopic (exact) mass is 274 g/mol. The van der Waals surface area contributed by atoms with Crippen molar-refractivity contribution < 1.29 is 9.53 Å². The zero-order valence-corrected chi connectivity index (χ0v) is 12.2. The first-order chi connectivity index (χ1) is 9.66. The van der Waals surface area contributed by atoms with Crippen LogP contribution in [0.4, 0.5) is 5.69 Å². The minimum atomic E-state index is -0.00405. The largest absolute Gasteiger partial charge is 0.491 e. The summed E-state index contributed by atoms with van der Waals surface area (Å²) in [6, 6.07) is 6.00. The maximum absolute atomic E-state index is 12.6. The molecular formula is C16H22N2O2. The summed E-state index contributed by atoms with van der Waals surface area (Å²) in [7, 11) is 0. The fraction of sp³-hybridized carbons (Fsp3) is 0.562. The number of rotatable bonds is 3. The molecule has 1 fully saturated rings. The molecule has 1 aromatic carbocycles. The summed E-state index contributed by atoms with van der Waals surface area (Å²) in [6.45, 7) is 5.78. The van der Waals surface area contributed by atoms with Crippen molar-refractivity contribution in [3.05, 3.63) is 23.8 Å². The Morgan fingerprint density at radius 3 is 3.00 bits per heavy atom. The van der Waals surface area contributed by atoms with Crippen molar-refractivity contribution in [1.29, 1.82) is 0 Å². The predicted molar refractivity (Wildman–Crippen MR) is 79.3 cm³/mol. The van der Waals surface area contributed by atoms with E-state index < -0.39 is 0 Å². The number of nitrogens with one attached hydrogen (secondary N) is 1. The molecule has 0 saturated carbocycles. The molecule has 2 heterocycles. The second kappa shape index (κ2) is 5.44. The lowest BCUT2D eigenvalue weighted by molar-refractivity contribution is -0.120. The van der Waals surface area contributed by atoms with Gasteiger partial charge in [0.25, 0.3) is 0 Å². The molecule has 2 aliphatic heterocycles. The molecule has 1 N–H and O–H groups in total. The van der Waals surface area contributed by atoms with Crippen LogP contribution in [0.25, 0.3) is 0 Å². The topological polar surface area (TPSA) is 41.6 Å². The van der Waals surface area contributed by atoms with E-state index in [-0.39, 0.29) is 18.1 Å². The highest BCUT2D eigenvalue weighted by molar-refractivity contribution is 5.99. The number of carbonyl (C=O) groups is 1. The third-order valence-corrected chi connectivity index (χ3v) is 3.97. The summed E-state index contributed by atoms with van der Waals surface area (Å²) in [6.07, 6.45) is 3.08. The van der Waals surface area contributed by atoms with E-state index in [4.69, 9.17) is 4.74 Å². The summed E-state index contributed by atoms with van der Waals surface area (Å²) in [5, 5.41) is 3.29. The molecular weight excluding hydrogens is 252 g/mol. The highest BCUT2D eigenvalue weighted by atomic mass is 16.5. The molecule has 0 aromatic heterocycles. The molecule has 20 heavy (non-hydrogen) atoms. The van der Waals surface area contributed by atoms with E-state index in [1.807, 2.05) is 36.9 Å². The lowest BCUT2D eigenvalue weighted by atomic mass is 10.1. The van der Waals surface area contributed by atoms with Gasteiger partial charge in [0.1, 0.15) is 5.75 Å². The molecule has 108 valence electrons. The van der Waals surface area contributed by atoms with Gasteiger partial charge in [0, 0.05) is 12.1 Å². The zero-order valence-electron chi connectivity index (χ0n) is 12.2. The summed E-state index contributed by atoms with van der Waals surface area (Å²) in [5.74, 6) is 1.13. The quantitative estimate of drug-likeness (QED) is 0.918. The first-order valence-corrected chi connectivity index (χ1v) is 7.50. The van der Waals surface area contributed by atoms with Crippen LogP contribution < -0.4 is 15.0 Å². The molecule has 1 aromatic rings. The van der Waals surface area contributed by atoms with Crippen molar-refractivity contribution in [1.82, 2.24) is 5.32 Å². The van der Waals surface area contributed by atoms with Gasteiger partial charge in [0.15, 0.2) is 0 Å². The fourth-order valence-corrected chi connectivity index (χ4v) is 3.08. The van der Waals surface area contributed by atoms with Crippen LogP contribution in [0.3, 0.4) is 0 Å². The van der Waals surface area contributed by atoms with Crippen LogP contribution in [0.5, 0.6) is 5.75 Å². The van der Waals surface area contributed by atoms with Crippen LogP contribution in [-0.4, -0.2) is 31.1 Å². The van der Waals surface area contributed by atoms with E-state index in [1.54, 1.807) is 0 Å². The number of fused-ring (bicyclic) bond motifs is 1. The molecule has 3 rings (SSSR count). The van der Waals surface area contributed by atoms with Crippen LogP contribution in [-0.2, 0) is 11.2 Å². The van der Waals surface area contributed by atoms with Crippen LogP contribution >= 0.6 is 0 Å². The number of hydrogen-bond acceptors (Lipinski definition) is 3. The summed E-state index contributed by atoms with van der Waals surface area (Å²) in [5.41, 5.74) is 2.20. The van der Waals surface area contributed by atoms with Gasteiger partial charge >= 0.3 is 0 Å². The van der Waals surface area contributed by atoms with Gasteiger partial charge in [-0.25, -0.2) is 0 Å². The lowest BCUT2D eigenvalue weighted by Gasteiger charge is -2.22. The van der Waals surface area contributed by atoms with E-state index in [0.29, 0.717) is 0 Å². The van der Waals surface area contributed by atoms with Crippen molar-refractivity contribution >= 4 is 11.6 Å². The number of carbonyl (C=O) groups excluding carboxylic acids is 1. The Bertz CT molecular complexity index is 507. The van der Waals surface area contributed by atoms with Crippen molar-refractivity contribution in [3.8, 4) is 5.75 Å². The fourth-order valence-electron chi connectivity index (χ4n) is 3.08. The molecule has 0 bridgehead atoms. The number of ether oxygens (including phenoxy) is 1. The number of nitrogens with zero attached hydrogens (tertiary/aromatic N) is 1. The number of hydrogen-bond donors (Lipinski definition) is 1. The predicted octanol–water partition coefficient (Wildman–Crippen LogP) is 2.11. The standard InChI is InChI=1S/C16H22N2O2/c1-11(2)20-15-7-3-6-14-12(15)8-10-18(14)16(19)13-5-4-9-17-13/h3,6-7,11,13,17H,4-5,8-10H2,1-2H3. The minimum absolute atomic E-state index is 0.00405. The van der Waals surface area contributed by atoms with E-state index >= 15 is 0 Å². The maximum atomic E-state index is 12.6. The van der Waals surface area contributed by atoms with Crippen molar-refractivity contribution in [2.45, 2.75) is 45.3 Å². The third-order valence-electron chi connectivity index (χ3n) is 3.97. The average Bonchev–Trinajstić information content (AvgIpc) is 3.07. The van der Waals surface area contributed by atoms with Gasteiger partial charge in [-0.15, -0.1) is 0 Å². The first-order valence-electron chi connectivity index (χ1n) is 7.50. The van der Waals surface area contributed by atoms with E-state index in [1.165, 1.54) is 5.56 Å². The Morgan fingerprint density at radius 1 is 1.45 bits per heavy atom. The summed E-state index contributed by atoms with van der Waals surface area (Å²) < 4.78 is 5.86. The Morgan fingerprint density at radius 2 is 2.30 bits per heavy atom. The van der Waals surface area contributed by atoms with Crippen LogP contribution in [0.2, 0.25) is 0 Å². The third kappa shape index (κ3) is 2.40. The van der Waals surface area contributed by atoms with Gasteiger partial charge in [-0.1, -0.05) is 6.07 Å². The first kappa shape index (κ1) is 13.4. The summed E-state index contributed by atoms with van der Waals surface area (Å²) >= 11 is 0. The van der Waals surface area contributed by atoms with E-state index in [0.717, 1.165) is 43.8 Å². The maximum Gasteiger partial charge on any atom is 0.244 e. The van der Waals surface area contributed by atoms with E-state index in [9.17, 15) is 4.79 Å². The van der Waals surface area contributed by atoms with Gasteiger partial charge < -0.3 is 15.0 Å². The molecule has 4 nitrogen and oxygen atoms in total. The van der Waals surface area contributed by atoms with Gasteiger partial charge in [0.05, 0.1) is 17.8 Å². The lowest BCUT2D eigenvalue weighted by Crippen LogP contribution is -2.42. The second-order valence-electron chi connectivity index (χ2n) is 5.81. The molecule has 0 spiro atoms. The SMILES string of the molecule is CC(C)Oc1cccc2c1CCN2C(=O)C1CCCN1. The number of anilines is 1. The number of benzene rings is 1. The normalized spacial score (nSPS) is 21.4. The van der Waals surface area contributed by atoms with Gasteiger partial charge in [-0.05, 0) is 51.8 Å². The Kier molecular flexibility index (Phi) is 3.66. The molecule has 1 amide bonds. The molecule has 4 heteroatoms. The van der Waals surface area contributed by atoms with Gasteiger partial charge in [0.2, 0.25) is 5.91 Å². The average molecular weight is 274 g/mol. The Labute approximate surface area is 120 Å². The van der Waals surface area contributed by atoms with Gasteiger partial charge in [-0.2, -0.15) is 0 Å². The van der Waals surface area contributed by atoms with Crippen molar-refractivity contribution in [2.24, 2.45) is 0 Å². The molecule has 2 aliphatic rings. The van der Waals surface area contributed by atoms with Crippen molar-refractivity contribution in [3.63, 3.8) is 0 Å². The molecule has 0 radical (unpaired) electrons. The number of amides is 1. The molecule has 1 unspecified atom stereocenters. The second-order valence-corrected chi connectivity index (χ2v) is 5.81. The Hall–Kier alpha value is -1.55. The molecule has 0 aliphatic carbocycles. The van der Waals surface area contributed by atoms with Crippen LogP contribution in [0.1, 0.15) is 32.3 Å².